The summed E-state index contributed by atoms with van der Waals surface area (Å²) in [7, 11) is 0. The molecule has 0 aromatic heterocycles. The molecule has 0 fully saturated rings. The highest BCUT2D eigenvalue weighted by Gasteiger charge is 2.12. The van der Waals surface area contributed by atoms with Crippen molar-refractivity contribution in [1.29, 1.82) is 0 Å². The number of benzene rings is 2. The van der Waals surface area contributed by atoms with Crippen LogP contribution in [0.2, 0.25) is 5.02 Å². The quantitative estimate of drug-likeness (QED) is 0.900. The Hall–Kier alpha value is -1.23. The Kier molecular flexibility index (Phi) is 5.29. The number of hydrogen-bond acceptors (Lipinski definition) is 3. The Morgan fingerprint density at radius 3 is 2.65 bits per heavy atom. The number of ether oxygens (including phenoxy) is 2. The first-order valence-corrected chi connectivity index (χ1v) is 6.53. The van der Waals surface area contributed by atoms with Crippen molar-refractivity contribution in [3.8, 4) is 11.5 Å². The molecule has 0 saturated carbocycles. The van der Waals surface area contributed by atoms with E-state index in [1.54, 1.807) is 0 Å². The summed E-state index contributed by atoms with van der Waals surface area (Å²) in [6.45, 7) is 1.82. The second-order valence-corrected chi connectivity index (χ2v) is 4.79. The highest BCUT2D eigenvalue weighted by atomic mass is 79.9. The van der Waals surface area contributed by atoms with Crippen molar-refractivity contribution in [3.05, 3.63) is 58.6 Å². The van der Waals surface area contributed by atoms with E-state index in [1.807, 2.05) is 42.5 Å². The minimum absolute atomic E-state index is 0. The van der Waals surface area contributed by atoms with Gasteiger partial charge in [-0.3, -0.25) is 0 Å². The second kappa shape index (κ2) is 6.97. The SMILES string of the molecule is Br.Clc1ccccc1CNCc1ccc2c(c1)OCO2. The molecule has 1 aliphatic heterocycles. The molecular weight excluding hydrogens is 342 g/mol. The molecule has 0 unspecified atom stereocenters. The van der Waals surface area contributed by atoms with Crippen LogP contribution in [-0.4, -0.2) is 6.79 Å². The normalized spacial score (nSPS) is 12.1. The van der Waals surface area contributed by atoms with Gasteiger partial charge in [-0.2, -0.15) is 0 Å². The van der Waals surface area contributed by atoms with Gasteiger partial charge in [-0.1, -0.05) is 35.9 Å². The molecule has 2 aromatic rings. The topological polar surface area (TPSA) is 30.5 Å². The Morgan fingerprint density at radius 1 is 1.00 bits per heavy atom. The van der Waals surface area contributed by atoms with Gasteiger partial charge in [0, 0.05) is 18.1 Å². The lowest BCUT2D eigenvalue weighted by Crippen LogP contribution is -2.12. The van der Waals surface area contributed by atoms with Crippen LogP contribution >= 0.6 is 28.6 Å². The molecule has 0 saturated heterocycles. The lowest BCUT2D eigenvalue weighted by atomic mass is 10.2. The number of hydrogen-bond donors (Lipinski definition) is 1. The Labute approximate surface area is 133 Å². The fraction of sp³-hybridized carbons (Fsp3) is 0.200. The van der Waals surface area contributed by atoms with E-state index in [0.29, 0.717) is 6.79 Å². The second-order valence-electron chi connectivity index (χ2n) is 4.38. The van der Waals surface area contributed by atoms with Gasteiger partial charge in [-0.25, -0.2) is 0 Å². The molecule has 20 heavy (non-hydrogen) atoms. The van der Waals surface area contributed by atoms with Crippen LogP contribution in [0.4, 0.5) is 0 Å². The predicted molar refractivity (Wildman–Crippen MR) is 84.9 cm³/mol. The van der Waals surface area contributed by atoms with Gasteiger partial charge in [0.2, 0.25) is 6.79 Å². The number of rotatable bonds is 4. The fourth-order valence-electron chi connectivity index (χ4n) is 2.03. The molecule has 3 rings (SSSR count). The van der Waals surface area contributed by atoms with Crippen molar-refractivity contribution in [2.24, 2.45) is 0 Å². The monoisotopic (exact) mass is 355 g/mol. The molecule has 5 heteroatoms. The first-order chi connectivity index (χ1) is 9.33. The lowest BCUT2D eigenvalue weighted by molar-refractivity contribution is 0.174. The van der Waals surface area contributed by atoms with Crippen LogP contribution in [0.5, 0.6) is 11.5 Å². The van der Waals surface area contributed by atoms with Crippen LogP contribution in [-0.2, 0) is 13.1 Å². The van der Waals surface area contributed by atoms with Crippen LogP contribution in [0.15, 0.2) is 42.5 Å². The number of fused-ring (bicyclic) bond motifs is 1. The van der Waals surface area contributed by atoms with Gasteiger partial charge in [0.05, 0.1) is 0 Å². The van der Waals surface area contributed by atoms with E-state index < -0.39 is 0 Å². The van der Waals surface area contributed by atoms with E-state index in [9.17, 15) is 0 Å². The van der Waals surface area contributed by atoms with Crippen LogP contribution in [0.25, 0.3) is 0 Å². The number of nitrogens with one attached hydrogen (secondary N) is 1. The maximum atomic E-state index is 6.11. The Bertz CT molecular complexity index is 592. The predicted octanol–water partition coefficient (Wildman–Crippen LogP) is 3.94. The molecule has 0 atom stereocenters. The molecule has 1 heterocycles. The molecule has 106 valence electrons. The molecule has 1 aliphatic rings. The molecule has 1 N–H and O–H groups in total. The third-order valence-electron chi connectivity index (χ3n) is 3.04. The summed E-state index contributed by atoms with van der Waals surface area (Å²) in [4.78, 5) is 0. The molecule has 0 bridgehead atoms. The van der Waals surface area contributed by atoms with Crippen LogP contribution in [0.3, 0.4) is 0 Å². The average Bonchev–Trinajstić information content (AvgIpc) is 2.88. The van der Waals surface area contributed by atoms with E-state index in [1.165, 1.54) is 0 Å². The molecule has 0 aliphatic carbocycles. The summed E-state index contributed by atoms with van der Waals surface area (Å²) in [5.41, 5.74) is 2.27. The van der Waals surface area contributed by atoms with Gasteiger partial charge in [0.1, 0.15) is 0 Å². The van der Waals surface area contributed by atoms with Gasteiger partial charge >= 0.3 is 0 Å². The van der Waals surface area contributed by atoms with E-state index in [0.717, 1.165) is 40.7 Å². The average molecular weight is 357 g/mol. The van der Waals surface area contributed by atoms with Gasteiger partial charge < -0.3 is 14.8 Å². The fourth-order valence-corrected chi connectivity index (χ4v) is 2.24. The first-order valence-electron chi connectivity index (χ1n) is 6.15. The van der Waals surface area contributed by atoms with Gasteiger partial charge in [0.15, 0.2) is 11.5 Å². The summed E-state index contributed by atoms with van der Waals surface area (Å²) in [6.07, 6.45) is 0. The highest BCUT2D eigenvalue weighted by molar-refractivity contribution is 8.93. The summed E-state index contributed by atoms with van der Waals surface area (Å²) >= 11 is 6.11. The van der Waals surface area contributed by atoms with E-state index in [-0.39, 0.29) is 17.0 Å². The molecule has 0 amide bonds. The van der Waals surface area contributed by atoms with Gasteiger partial charge in [-0.15, -0.1) is 17.0 Å². The molecule has 3 nitrogen and oxygen atoms in total. The first kappa shape index (κ1) is 15.2. The zero-order valence-electron chi connectivity index (χ0n) is 10.8. The summed E-state index contributed by atoms with van der Waals surface area (Å²) in [5, 5.41) is 4.16. The number of halogens is 2. The van der Waals surface area contributed by atoms with Crippen molar-refractivity contribution in [2.75, 3.05) is 6.79 Å². The van der Waals surface area contributed by atoms with Crippen molar-refractivity contribution in [2.45, 2.75) is 13.1 Å². The zero-order chi connectivity index (χ0) is 13.1. The molecular formula is C15H15BrClNO2. The van der Waals surface area contributed by atoms with E-state index in [2.05, 4.69) is 5.32 Å². The van der Waals surface area contributed by atoms with Gasteiger partial charge in [-0.05, 0) is 29.3 Å². The lowest BCUT2D eigenvalue weighted by Gasteiger charge is -2.07. The summed E-state index contributed by atoms with van der Waals surface area (Å²) in [5.74, 6) is 1.63. The maximum absolute atomic E-state index is 6.11. The Balaban J connectivity index is 0.00000147. The maximum Gasteiger partial charge on any atom is 0.231 e. The van der Waals surface area contributed by atoms with Crippen molar-refractivity contribution in [1.82, 2.24) is 5.32 Å². The third kappa shape index (κ3) is 3.45. The van der Waals surface area contributed by atoms with Crippen molar-refractivity contribution in [3.63, 3.8) is 0 Å². The standard InChI is InChI=1S/C15H14ClNO2.BrH/c16-13-4-2-1-3-12(13)9-17-8-11-5-6-14-15(7-11)19-10-18-14;/h1-7,17H,8-10H2;1H. The smallest absolute Gasteiger partial charge is 0.231 e. The zero-order valence-corrected chi connectivity index (χ0v) is 13.2. The largest absolute Gasteiger partial charge is 0.454 e. The van der Waals surface area contributed by atoms with E-state index in [4.69, 9.17) is 21.1 Å². The molecule has 0 spiro atoms. The summed E-state index contributed by atoms with van der Waals surface area (Å²) < 4.78 is 10.6. The molecule has 0 radical (unpaired) electrons. The van der Waals surface area contributed by atoms with Crippen molar-refractivity contribution >= 4 is 28.6 Å². The van der Waals surface area contributed by atoms with Crippen LogP contribution in [0, 0.1) is 0 Å². The van der Waals surface area contributed by atoms with Crippen LogP contribution in [0.1, 0.15) is 11.1 Å². The minimum atomic E-state index is 0. The third-order valence-corrected chi connectivity index (χ3v) is 3.41. The Morgan fingerprint density at radius 2 is 1.80 bits per heavy atom. The molecule has 2 aromatic carbocycles. The summed E-state index contributed by atoms with van der Waals surface area (Å²) in [6, 6.07) is 13.8. The van der Waals surface area contributed by atoms with Crippen LogP contribution < -0.4 is 14.8 Å². The minimum Gasteiger partial charge on any atom is -0.454 e. The van der Waals surface area contributed by atoms with E-state index >= 15 is 0 Å². The van der Waals surface area contributed by atoms with Gasteiger partial charge in [0.25, 0.3) is 0 Å². The van der Waals surface area contributed by atoms with Crippen molar-refractivity contribution < 1.29 is 9.47 Å². The highest BCUT2D eigenvalue weighted by Crippen LogP contribution is 2.32.